The van der Waals surface area contributed by atoms with E-state index in [0.717, 1.165) is 0 Å². The number of hydrogen-bond donors (Lipinski definition) is 1. The average molecular weight is 265 g/mol. The first-order valence-electron chi connectivity index (χ1n) is 6.16. The normalized spacial score (nSPS) is 13.4. The Kier molecular flexibility index (Phi) is 2.02. The highest BCUT2D eigenvalue weighted by atomic mass is 19.1. The minimum absolute atomic E-state index is 0.230. The van der Waals surface area contributed by atoms with Gasteiger partial charge in [-0.05, 0) is 18.2 Å². The van der Waals surface area contributed by atoms with Gasteiger partial charge in [0.15, 0.2) is 5.78 Å². The minimum atomic E-state index is -0.432. The van der Waals surface area contributed by atoms with Gasteiger partial charge in [0, 0.05) is 22.0 Å². The van der Waals surface area contributed by atoms with Crippen LogP contribution in [-0.4, -0.2) is 16.6 Å². The van der Waals surface area contributed by atoms with Crippen LogP contribution in [0.1, 0.15) is 32.0 Å². The largest absolute Gasteiger partial charge is 0.351 e. The van der Waals surface area contributed by atoms with Crippen molar-refractivity contribution in [3.8, 4) is 0 Å². The molecule has 0 spiro atoms. The van der Waals surface area contributed by atoms with Gasteiger partial charge in [-0.15, -0.1) is 0 Å². The zero-order valence-corrected chi connectivity index (χ0v) is 10.2. The molecule has 0 fully saturated rings. The number of hydrogen-bond acceptors (Lipinski definition) is 2. The Hall–Kier alpha value is -2.75. The molecule has 0 amide bonds. The summed E-state index contributed by atoms with van der Waals surface area (Å²) in [6.45, 7) is 0. The summed E-state index contributed by atoms with van der Waals surface area (Å²) in [4.78, 5) is 27.9. The number of ketones is 2. The molecule has 0 unspecified atom stereocenters. The van der Waals surface area contributed by atoms with Gasteiger partial charge in [0.1, 0.15) is 5.82 Å². The molecule has 0 radical (unpaired) electrons. The highest BCUT2D eigenvalue weighted by Gasteiger charge is 2.32. The monoisotopic (exact) mass is 265 g/mol. The van der Waals surface area contributed by atoms with E-state index in [1.807, 2.05) is 0 Å². The van der Waals surface area contributed by atoms with E-state index in [9.17, 15) is 14.0 Å². The molecule has 1 aliphatic rings. The van der Waals surface area contributed by atoms with Crippen LogP contribution >= 0.6 is 0 Å². The smallest absolute Gasteiger partial charge is 0.210 e. The third-order valence-electron chi connectivity index (χ3n) is 3.63. The van der Waals surface area contributed by atoms with E-state index >= 15 is 0 Å². The molecule has 20 heavy (non-hydrogen) atoms. The third-order valence-corrected chi connectivity index (χ3v) is 3.63. The van der Waals surface area contributed by atoms with Gasteiger partial charge in [0.25, 0.3) is 0 Å². The summed E-state index contributed by atoms with van der Waals surface area (Å²) in [5, 5.41) is 0.452. The van der Waals surface area contributed by atoms with Crippen molar-refractivity contribution in [3.05, 3.63) is 70.7 Å². The molecule has 4 rings (SSSR count). The number of nitrogens with one attached hydrogen (secondary N) is 1. The summed E-state index contributed by atoms with van der Waals surface area (Å²) in [6.07, 6.45) is 0. The number of aromatic amines is 1. The van der Waals surface area contributed by atoms with Gasteiger partial charge in [-0.3, -0.25) is 9.59 Å². The molecule has 0 atom stereocenters. The number of rotatable bonds is 0. The zero-order chi connectivity index (χ0) is 13.9. The van der Waals surface area contributed by atoms with E-state index in [-0.39, 0.29) is 22.8 Å². The van der Waals surface area contributed by atoms with Crippen LogP contribution in [-0.2, 0) is 0 Å². The van der Waals surface area contributed by atoms with E-state index in [2.05, 4.69) is 4.98 Å². The van der Waals surface area contributed by atoms with Gasteiger partial charge < -0.3 is 4.98 Å². The molecule has 2 aromatic carbocycles. The van der Waals surface area contributed by atoms with E-state index < -0.39 is 5.82 Å². The van der Waals surface area contributed by atoms with Crippen LogP contribution in [0.25, 0.3) is 10.9 Å². The summed E-state index contributed by atoms with van der Waals surface area (Å²) in [5.74, 6) is -0.905. The van der Waals surface area contributed by atoms with Crippen molar-refractivity contribution < 1.29 is 14.0 Å². The van der Waals surface area contributed by atoms with Crippen LogP contribution in [0.3, 0.4) is 0 Å². The van der Waals surface area contributed by atoms with Gasteiger partial charge in [0.2, 0.25) is 5.78 Å². The van der Waals surface area contributed by atoms with E-state index in [1.165, 1.54) is 18.2 Å². The maximum atomic E-state index is 13.4. The van der Waals surface area contributed by atoms with Gasteiger partial charge in [-0.25, -0.2) is 4.39 Å². The molecular weight excluding hydrogens is 257 g/mol. The Bertz CT molecular complexity index is 908. The molecule has 1 aliphatic carbocycles. The first-order valence-corrected chi connectivity index (χ1v) is 6.16. The molecular formula is C16H8FNO2. The first-order chi connectivity index (χ1) is 9.66. The molecule has 3 nitrogen and oxygen atoms in total. The van der Waals surface area contributed by atoms with Crippen LogP contribution in [0.5, 0.6) is 0 Å². The Morgan fingerprint density at radius 3 is 2.35 bits per heavy atom. The summed E-state index contributed by atoms with van der Waals surface area (Å²) in [7, 11) is 0. The van der Waals surface area contributed by atoms with E-state index in [4.69, 9.17) is 0 Å². The third kappa shape index (κ3) is 1.28. The summed E-state index contributed by atoms with van der Waals surface area (Å²) in [5.41, 5.74) is 1.86. The molecule has 0 bridgehead atoms. The van der Waals surface area contributed by atoms with Gasteiger partial charge in [0.05, 0.1) is 11.3 Å². The van der Waals surface area contributed by atoms with E-state index in [0.29, 0.717) is 22.0 Å². The summed E-state index contributed by atoms with van der Waals surface area (Å²) < 4.78 is 13.4. The van der Waals surface area contributed by atoms with Crippen LogP contribution < -0.4 is 0 Å². The number of carbonyl (C=O) groups is 2. The molecule has 3 aromatic rings. The molecule has 0 aliphatic heterocycles. The Morgan fingerprint density at radius 2 is 1.60 bits per heavy atom. The van der Waals surface area contributed by atoms with Crippen molar-refractivity contribution in [2.24, 2.45) is 0 Å². The quantitative estimate of drug-likeness (QED) is 0.531. The molecule has 0 saturated carbocycles. The predicted molar refractivity (Wildman–Crippen MR) is 71.6 cm³/mol. The van der Waals surface area contributed by atoms with Crippen molar-refractivity contribution >= 4 is 22.5 Å². The van der Waals surface area contributed by atoms with E-state index in [1.54, 1.807) is 24.3 Å². The maximum Gasteiger partial charge on any atom is 0.210 e. The predicted octanol–water partition coefficient (Wildman–Crippen LogP) is 3.08. The van der Waals surface area contributed by atoms with Crippen molar-refractivity contribution in [1.29, 1.82) is 0 Å². The number of benzene rings is 2. The lowest BCUT2D eigenvalue weighted by molar-refractivity contribution is 0.0978. The van der Waals surface area contributed by atoms with Crippen LogP contribution in [0, 0.1) is 5.82 Å². The average Bonchev–Trinajstić information content (AvgIpc) is 2.84. The second-order valence-electron chi connectivity index (χ2n) is 4.77. The lowest BCUT2D eigenvalue weighted by Gasteiger charge is -2.13. The fourth-order valence-electron chi connectivity index (χ4n) is 2.72. The minimum Gasteiger partial charge on any atom is -0.351 e. The lowest BCUT2D eigenvalue weighted by atomic mass is 9.87. The molecule has 4 heteroatoms. The second kappa shape index (κ2) is 3.63. The van der Waals surface area contributed by atoms with Crippen LogP contribution in [0.2, 0.25) is 0 Å². The Morgan fingerprint density at radius 1 is 0.900 bits per heavy atom. The van der Waals surface area contributed by atoms with Gasteiger partial charge in [-0.2, -0.15) is 0 Å². The molecule has 96 valence electrons. The highest BCUT2D eigenvalue weighted by molar-refractivity contribution is 6.31. The summed E-state index contributed by atoms with van der Waals surface area (Å²) in [6, 6.07) is 10.8. The van der Waals surface area contributed by atoms with Crippen LogP contribution in [0.4, 0.5) is 4.39 Å². The van der Waals surface area contributed by atoms with Crippen LogP contribution in [0.15, 0.2) is 42.5 Å². The van der Waals surface area contributed by atoms with Gasteiger partial charge >= 0.3 is 0 Å². The topological polar surface area (TPSA) is 49.9 Å². The number of halogens is 1. The van der Waals surface area contributed by atoms with Crippen molar-refractivity contribution in [2.45, 2.75) is 0 Å². The number of H-pyrrole nitrogens is 1. The molecule has 1 aromatic heterocycles. The highest BCUT2D eigenvalue weighted by Crippen LogP contribution is 2.32. The lowest BCUT2D eigenvalue weighted by Crippen LogP contribution is -2.20. The summed E-state index contributed by atoms with van der Waals surface area (Å²) >= 11 is 0. The fraction of sp³-hybridized carbons (Fsp3) is 0. The van der Waals surface area contributed by atoms with Gasteiger partial charge in [-0.1, -0.05) is 24.3 Å². The fourth-order valence-corrected chi connectivity index (χ4v) is 2.72. The maximum absolute atomic E-state index is 13.4. The number of aromatic nitrogens is 1. The van der Waals surface area contributed by atoms with Crippen molar-refractivity contribution in [1.82, 2.24) is 4.98 Å². The first kappa shape index (κ1) is 11.1. The SMILES string of the molecule is O=C1c2ccccc2C(=O)c2c1[nH]c1ccc(F)cc21. The Labute approximate surface area is 113 Å². The van der Waals surface area contributed by atoms with Crippen molar-refractivity contribution in [3.63, 3.8) is 0 Å². The molecule has 0 saturated heterocycles. The number of carbonyl (C=O) groups excluding carboxylic acids is 2. The van der Waals surface area contributed by atoms with Crippen molar-refractivity contribution in [2.75, 3.05) is 0 Å². The standard InChI is InChI=1S/C16H8FNO2/c17-8-5-6-12-11(7-8)13-14(18-12)16(20)10-4-2-1-3-9(10)15(13)19/h1-7,18H. The number of fused-ring (bicyclic) bond motifs is 4. The zero-order valence-electron chi connectivity index (χ0n) is 10.2. The Balaban J connectivity index is 2.12. The molecule has 1 heterocycles. The second-order valence-corrected chi connectivity index (χ2v) is 4.77. The molecule has 1 N–H and O–H groups in total.